The first-order valence-corrected chi connectivity index (χ1v) is 6.55. The van der Waals surface area contributed by atoms with Crippen molar-refractivity contribution in [1.82, 2.24) is 9.55 Å². The fourth-order valence-corrected chi connectivity index (χ4v) is 2.68. The summed E-state index contributed by atoms with van der Waals surface area (Å²) in [6.07, 6.45) is 8.57. The largest absolute Gasteiger partial charge is 0.381 e. The van der Waals surface area contributed by atoms with Gasteiger partial charge in [-0.15, -0.1) is 0 Å². The third kappa shape index (κ3) is 3.30. The zero-order chi connectivity index (χ0) is 12.1. The highest BCUT2D eigenvalue weighted by atomic mass is 16.5. The molecule has 2 N–H and O–H groups in total. The summed E-state index contributed by atoms with van der Waals surface area (Å²) in [7, 11) is 2.02. The van der Waals surface area contributed by atoms with Crippen LogP contribution in [-0.2, 0) is 18.2 Å². The Labute approximate surface area is 103 Å². The molecule has 4 nitrogen and oxygen atoms in total. The minimum Gasteiger partial charge on any atom is -0.381 e. The van der Waals surface area contributed by atoms with Crippen LogP contribution in [0.2, 0.25) is 0 Å². The van der Waals surface area contributed by atoms with Crippen molar-refractivity contribution in [2.75, 3.05) is 19.8 Å². The zero-order valence-corrected chi connectivity index (χ0v) is 10.6. The molecule has 1 aliphatic carbocycles. The van der Waals surface area contributed by atoms with Crippen molar-refractivity contribution in [3.8, 4) is 0 Å². The lowest BCUT2D eigenvalue weighted by atomic mass is 9.97. The maximum atomic E-state index is 5.77. The molecule has 2 rings (SSSR count). The van der Waals surface area contributed by atoms with E-state index in [1.807, 2.05) is 24.0 Å². The number of hydrogen-bond donors (Lipinski definition) is 1. The molecular formula is C13H23N3O. The number of aryl methyl sites for hydroxylation is 1. The maximum Gasteiger partial charge on any atom is 0.110 e. The zero-order valence-electron chi connectivity index (χ0n) is 10.6. The minimum atomic E-state index is 0.682. The highest BCUT2D eigenvalue weighted by Gasteiger charge is 2.25. The normalized spacial score (nSPS) is 24.4. The Balaban J connectivity index is 1.65. The molecular weight excluding hydrogens is 214 g/mol. The number of aromatic nitrogens is 2. The SMILES string of the molecule is Cn1ccnc1CCOCC1CCCC1CN. The molecule has 1 aromatic rings. The summed E-state index contributed by atoms with van der Waals surface area (Å²) in [6, 6.07) is 0. The van der Waals surface area contributed by atoms with Gasteiger partial charge in [0.15, 0.2) is 0 Å². The third-order valence-corrected chi connectivity index (χ3v) is 3.84. The van der Waals surface area contributed by atoms with Crippen LogP contribution < -0.4 is 5.73 Å². The molecule has 4 heteroatoms. The van der Waals surface area contributed by atoms with Crippen molar-refractivity contribution in [3.63, 3.8) is 0 Å². The summed E-state index contributed by atoms with van der Waals surface area (Å²) >= 11 is 0. The van der Waals surface area contributed by atoms with Crippen molar-refractivity contribution in [2.45, 2.75) is 25.7 Å². The monoisotopic (exact) mass is 237 g/mol. The molecule has 0 aliphatic heterocycles. The van der Waals surface area contributed by atoms with Crippen LogP contribution in [0.5, 0.6) is 0 Å². The van der Waals surface area contributed by atoms with Gasteiger partial charge in [0.1, 0.15) is 5.82 Å². The van der Waals surface area contributed by atoms with Crippen LogP contribution in [0, 0.1) is 11.8 Å². The molecule has 0 spiro atoms. The van der Waals surface area contributed by atoms with Gasteiger partial charge in [0.05, 0.1) is 6.61 Å². The maximum absolute atomic E-state index is 5.77. The van der Waals surface area contributed by atoms with Crippen LogP contribution in [0.15, 0.2) is 12.4 Å². The second kappa shape index (κ2) is 6.17. The standard InChI is InChI=1S/C13H23N3O/c1-16-7-6-15-13(16)5-8-17-10-12-4-2-3-11(12)9-14/h6-7,11-12H,2-5,8-10,14H2,1H3. The smallest absolute Gasteiger partial charge is 0.110 e. The first-order valence-electron chi connectivity index (χ1n) is 6.55. The van der Waals surface area contributed by atoms with E-state index in [9.17, 15) is 0 Å². The third-order valence-electron chi connectivity index (χ3n) is 3.84. The molecule has 2 unspecified atom stereocenters. The number of nitrogens with two attached hydrogens (primary N) is 1. The van der Waals surface area contributed by atoms with Crippen LogP contribution in [0.25, 0.3) is 0 Å². The minimum absolute atomic E-state index is 0.682. The summed E-state index contributed by atoms with van der Waals surface area (Å²) in [5.41, 5.74) is 5.76. The Bertz CT molecular complexity index is 337. The fraction of sp³-hybridized carbons (Fsp3) is 0.769. The molecule has 1 fully saturated rings. The van der Waals surface area contributed by atoms with E-state index in [-0.39, 0.29) is 0 Å². The van der Waals surface area contributed by atoms with Gasteiger partial charge >= 0.3 is 0 Å². The fourth-order valence-electron chi connectivity index (χ4n) is 2.68. The van der Waals surface area contributed by atoms with Gasteiger partial charge in [-0.25, -0.2) is 4.98 Å². The van der Waals surface area contributed by atoms with E-state index in [0.717, 1.165) is 32.0 Å². The lowest BCUT2D eigenvalue weighted by molar-refractivity contribution is 0.0880. The second-order valence-corrected chi connectivity index (χ2v) is 4.97. The molecule has 96 valence electrons. The van der Waals surface area contributed by atoms with Crippen molar-refractivity contribution < 1.29 is 4.74 Å². The summed E-state index contributed by atoms with van der Waals surface area (Å²) in [5, 5.41) is 0. The second-order valence-electron chi connectivity index (χ2n) is 4.97. The molecule has 0 saturated heterocycles. The number of rotatable bonds is 6. The summed E-state index contributed by atoms with van der Waals surface area (Å²) in [6.45, 7) is 2.44. The Kier molecular flexibility index (Phi) is 4.57. The van der Waals surface area contributed by atoms with Gasteiger partial charge in [-0.2, -0.15) is 0 Å². The van der Waals surface area contributed by atoms with Crippen LogP contribution in [-0.4, -0.2) is 29.3 Å². The number of ether oxygens (including phenoxy) is 1. The quantitative estimate of drug-likeness (QED) is 0.760. The molecule has 1 aromatic heterocycles. The predicted octanol–water partition coefficient (Wildman–Crippen LogP) is 1.35. The number of imidazole rings is 1. The first kappa shape index (κ1) is 12.6. The van der Waals surface area contributed by atoms with Gasteiger partial charge in [-0.3, -0.25) is 0 Å². The van der Waals surface area contributed by atoms with E-state index in [1.54, 1.807) is 0 Å². The average molecular weight is 237 g/mol. The highest BCUT2D eigenvalue weighted by molar-refractivity contribution is 4.90. The van der Waals surface area contributed by atoms with Crippen LogP contribution in [0.1, 0.15) is 25.1 Å². The number of nitrogens with zero attached hydrogens (tertiary/aromatic N) is 2. The van der Waals surface area contributed by atoms with Gasteiger partial charge in [0, 0.05) is 32.5 Å². The summed E-state index contributed by atoms with van der Waals surface area (Å²) in [4.78, 5) is 4.28. The number of hydrogen-bond acceptors (Lipinski definition) is 3. The molecule has 1 saturated carbocycles. The van der Waals surface area contributed by atoms with E-state index in [2.05, 4.69) is 4.98 Å². The Morgan fingerprint density at radius 3 is 3.00 bits per heavy atom. The molecule has 0 bridgehead atoms. The van der Waals surface area contributed by atoms with E-state index in [4.69, 9.17) is 10.5 Å². The average Bonchev–Trinajstić information content (AvgIpc) is 2.93. The van der Waals surface area contributed by atoms with Crippen molar-refractivity contribution in [2.24, 2.45) is 24.6 Å². The Morgan fingerprint density at radius 1 is 1.47 bits per heavy atom. The van der Waals surface area contributed by atoms with Crippen molar-refractivity contribution in [1.29, 1.82) is 0 Å². The predicted molar refractivity (Wildman–Crippen MR) is 67.6 cm³/mol. The summed E-state index contributed by atoms with van der Waals surface area (Å²) < 4.78 is 7.81. The molecule has 17 heavy (non-hydrogen) atoms. The van der Waals surface area contributed by atoms with Crippen LogP contribution >= 0.6 is 0 Å². The molecule has 2 atom stereocenters. The van der Waals surface area contributed by atoms with E-state index in [0.29, 0.717) is 11.8 Å². The van der Waals surface area contributed by atoms with Crippen LogP contribution in [0.4, 0.5) is 0 Å². The van der Waals surface area contributed by atoms with Gasteiger partial charge in [0.2, 0.25) is 0 Å². The van der Waals surface area contributed by atoms with E-state index >= 15 is 0 Å². The molecule has 0 aromatic carbocycles. The first-order chi connectivity index (χ1) is 8.31. The lowest BCUT2D eigenvalue weighted by Gasteiger charge is -2.17. The van der Waals surface area contributed by atoms with Gasteiger partial charge in [-0.1, -0.05) is 6.42 Å². The Hall–Kier alpha value is -0.870. The van der Waals surface area contributed by atoms with E-state index < -0.39 is 0 Å². The van der Waals surface area contributed by atoms with Gasteiger partial charge < -0.3 is 15.0 Å². The van der Waals surface area contributed by atoms with Gasteiger partial charge in [-0.05, 0) is 31.2 Å². The van der Waals surface area contributed by atoms with Crippen molar-refractivity contribution >= 4 is 0 Å². The molecule has 1 heterocycles. The molecule has 0 radical (unpaired) electrons. The van der Waals surface area contributed by atoms with Crippen molar-refractivity contribution in [3.05, 3.63) is 18.2 Å². The molecule has 0 amide bonds. The summed E-state index contributed by atoms with van der Waals surface area (Å²) in [5.74, 6) is 2.45. The van der Waals surface area contributed by atoms with E-state index in [1.165, 1.54) is 19.3 Å². The highest BCUT2D eigenvalue weighted by Crippen LogP contribution is 2.30. The van der Waals surface area contributed by atoms with Gasteiger partial charge in [0.25, 0.3) is 0 Å². The Morgan fingerprint density at radius 2 is 2.29 bits per heavy atom. The lowest BCUT2D eigenvalue weighted by Crippen LogP contribution is -2.22. The van der Waals surface area contributed by atoms with Crippen LogP contribution in [0.3, 0.4) is 0 Å². The topological polar surface area (TPSA) is 53.1 Å². The molecule has 1 aliphatic rings.